The normalized spacial score (nSPS) is 11.9. The minimum atomic E-state index is -4.19. The molecule has 0 bridgehead atoms. The minimum Gasteiger partial charge on any atom is -0.476 e. The summed E-state index contributed by atoms with van der Waals surface area (Å²) in [5.74, 6) is -1.39. The van der Waals surface area contributed by atoms with E-state index in [2.05, 4.69) is 9.44 Å². The van der Waals surface area contributed by atoms with Crippen molar-refractivity contribution in [1.82, 2.24) is 0 Å². The number of hydrogen-bond donors (Lipinski definition) is 1. The molecule has 0 saturated carbocycles. The molecule has 0 unspecified atom stereocenters. The van der Waals surface area contributed by atoms with Crippen molar-refractivity contribution in [3.8, 4) is 0 Å². The molecule has 2 aromatic rings. The lowest BCUT2D eigenvalue weighted by Crippen LogP contribution is -2.17. The minimum absolute atomic E-state index is 0.102. The van der Waals surface area contributed by atoms with Crippen molar-refractivity contribution in [1.29, 1.82) is 0 Å². The van der Waals surface area contributed by atoms with E-state index in [1.165, 1.54) is 24.3 Å². The maximum absolute atomic E-state index is 12.1. The number of carbonyl (C=O) groups is 1. The van der Waals surface area contributed by atoms with Crippen LogP contribution >= 0.6 is 0 Å². The number of rotatable bonds is 6. The molecular formula is C17H18N2O5S. The molecule has 0 saturated heterocycles. The Morgan fingerprint density at radius 2 is 1.60 bits per heavy atom. The van der Waals surface area contributed by atoms with Crippen molar-refractivity contribution in [2.75, 3.05) is 19.0 Å². The Morgan fingerprint density at radius 1 is 1.04 bits per heavy atom. The Kier molecular flexibility index (Phi) is 5.43. The van der Waals surface area contributed by atoms with Crippen LogP contribution in [-0.2, 0) is 19.2 Å². The molecule has 0 aliphatic carbocycles. The SMILES string of the molecule is Cc1ccc(S(=O)(=O)O/N=C(/C(=O)O)c2ccc(N(C)C)cc2)cc1. The van der Waals surface area contributed by atoms with Crippen LogP contribution in [0.2, 0.25) is 0 Å². The van der Waals surface area contributed by atoms with Gasteiger partial charge in [-0.1, -0.05) is 35.0 Å². The van der Waals surface area contributed by atoms with Crippen LogP contribution in [0.15, 0.2) is 58.6 Å². The largest absolute Gasteiger partial charge is 0.476 e. The van der Waals surface area contributed by atoms with E-state index in [9.17, 15) is 18.3 Å². The van der Waals surface area contributed by atoms with Crippen molar-refractivity contribution in [2.45, 2.75) is 11.8 Å². The molecule has 0 heterocycles. The summed E-state index contributed by atoms with van der Waals surface area (Å²) in [5, 5.41) is 12.6. The van der Waals surface area contributed by atoms with Gasteiger partial charge in [-0.15, -0.1) is 0 Å². The first-order valence-electron chi connectivity index (χ1n) is 7.30. The summed E-state index contributed by atoms with van der Waals surface area (Å²) in [6, 6.07) is 12.4. The Labute approximate surface area is 146 Å². The Hall–Kier alpha value is -2.87. The van der Waals surface area contributed by atoms with Crippen molar-refractivity contribution in [3.05, 3.63) is 59.7 Å². The Balaban J connectivity index is 2.31. The van der Waals surface area contributed by atoms with E-state index < -0.39 is 21.8 Å². The molecule has 0 aromatic heterocycles. The van der Waals surface area contributed by atoms with Gasteiger partial charge in [-0.05, 0) is 31.2 Å². The van der Waals surface area contributed by atoms with Gasteiger partial charge in [0.1, 0.15) is 4.90 Å². The molecule has 0 fully saturated rings. The number of hydrogen-bond acceptors (Lipinski definition) is 6. The molecule has 0 radical (unpaired) electrons. The van der Waals surface area contributed by atoms with Crippen LogP contribution in [0, 0.1) is 6.92 Å². The maximum atomic E-state index is 12.1. The van der Waals surface area contributed by atoms with E-state index in [0.717, 1.165) is 11.3 Å². The van der Waals surface area contributed by atoms with E-state index in [1.54, 1.807) is 24.3 Å². The summed E-state index contributed by atoms with van der Waals surface area (Å²) >= 11 is 0. The smallest absolute Gasteiger partial charge is 0.358 e. The number of carboxylic acids is 1. The number of oxime groups is 1. The monoisotopic (exact) mass is 362 g/mol. The molecule has 132 valence electrons. The first-order valence-corrected chi connectivity index (χ1v) is 8.71. The van der Waals surface area contributed by atoms with Crippen LogP contribution in [0.1, 0.15) is 11.1 Å². The highest BCUT2D eigenvalue weighted by molar-refractivity contribution is 7.86. The van der Waals surface area contributed by atoms with Crippen LogP contribution in [0.5, 0.6) is 0 Å². The van der Waals surface area contributed by atoms with E-state index in [0.29, 0.717) is 0 Å². The third-order valence-electron chi connectivity index (χ3n) is 3.40. The fourth-order valence-electron chi connectivity index (χ4n) is 1.97. The Morgan fingerprint density at radius 3 is 2.08 bits per heavy atom. The molecule has 0 aliphatic heterocycles. The molecule has 2 aromatic carbocycles. The van der Waals surface area contributed by atoms with E-state index >= 15 is 0 Å². The fraction of sp³-hybridized carbons (Fsp3) is 0.176. The van der Waals surface area contributed by atoms with Crippen molar-refractivity contribution >= 4 is 27.5 Å². The zero-order chi connectivity index (χ0) is 18.6. The van der Waals surface area contributed by atoms with Gasteiger partial charge >= 0.3 is 16.1 Å². The topological polar surface area (TPSA) is 96.3 Å². The standard InChI is InChI=1S/C17H18N2O5S/c1-12-4-10-15(11-5-12)25(22,23)24-18-16(17(20)21)13-6-8-14(9-7-13)19(2)3/h4-11H,1-3H3,(H,20,21)/b18-16+. The summed E-state index contributed by atoms with van der Waals surface area (Å²) in [6.07, 6.45) is 0. The lowest BCUT2D eigenvalue weighted by molar-refractivity contribution is -0.129. The van der Waals surface area contributed by atoms with Crippen molar-refractivity contribution < 1.29 is 22.6 Å². The predicted octanol–water partition coefficient (Wildman–Crippen LogP) is 2.26. The average Bonchev–Trinajstić information content (AvgIpc) is 2.55. The van der Waals surface area contributed by atoms with Gasteiger partial charge < -0.3 is 10.0 Å². The molecular weight excluding hydrogens is 344 g/mol. The first-order chi connectivity index (χ1) is 11.7. The zero-order valence-corrected chi connectivity index (χ0v) is 14.8. The lowest BCUT2D eigenvalue weighted by Gasteiger charge is -2.12. The van der Waals surface area contributed by atoms with Gasteiger partial charge in [0.05, 0.1) is 0 Å². The van der Waals surface area contributed by atoms with Crippen LogP contribution in [0.4, 0.5) is 5.69 Å². The number of aliphatic carboxylic acids is 1. The summed E-state index contributed by atoms with van der Waals surface area (Å²) in [5.41, 5.74) is 1.48. The number of anilines is 1. The molecule has 2 rings (SSSR count). The number of carboxylic acid groups (broad SMARTS) is 1. The van der Waals surface area contributed by atoms with Gasteiger partial charge in [0.2, 0.25) is 0 Å². The lowest BCUT2D eigenvalue weighted by atomic mass is 10.1. The van der Waals surface area contributed by atoms with Gasteiger partial charge in [0.15, 0.2) is 5.71 Å². The second-order valence-electron chi connectivity index (χ2n) is 5.53. The fourth-order valence-corrected chi connectivity index (χ4v) is 2.70. The predicted molar refractivity (Wildman–Crippen MR) is 94.4 cm³/mol. The first kappa shape index (κ1) is 18.5. The van der Waals surface area contributed by atoms with Gasteiger partial charge in [-0.25, -0.2) is 4.79 Å². The third kappa shape index (κ3) is 4.57. The molecule has 8 heteroatoms. The zero-order valence-electron chi connectivity index (χ0n) is 14.0. The highest BCUT2D eigenvalue weighted by Crippen LogP contribution is 2.16. The second kappa shape index (κ2) is 7.35. The summed E-state index contributed by atoms with van der Waals surface area (Å²) in [7, 11) is -0.503. The number of nitrogens with zero attached hydrogens (tertiary/aromatic N) is 2. The summed E-state index contributed by atoms with van der Waals surface area (Å²) in [6.45, 7) is 1.81. The van der Waals surface area contributed by atoms with Crippen LogP contribution < -0.4 is 4.90 Å². The van der Waals surface area contributed by atoms with Gasteiger partial charge in [0.25, 0.3) is 0 Å². The molecule has 0 aliphatic rings. The highest BCUT2D eigenvalue weighted by atomic mass is 32.2. The molecule has 0 amide bonds. The van der Waals surface area contributed by atoms with Gasteiger partial charge in [-0.3, -0.25) is 4.28 Å². The highest BCUT2D eigenvalue weighted by Gasteiger charge is 2.19. The molecule has 0 spiro atoms. The number of benzene rings is 2. The van der Waals surface area contributed by atoms with E-state index in [4.69, 9.17) is 0 Å². The van der Waals surface area contributed by atoms with Crippen molar-refractivity contribution in [2.24, 2.45) is 5.16 Å². The average molecular weight is 362 g/mol. The van der Waals surface area contributed by atoms with Gasteiger partial charge in [-0.2, -0.15) is 8.42 Å². The molecule has 7 nitrogen and oxygen atoms in total. The summed E-state index contributed by atoms with van der Waals surface area (Å²) in [4.78, 5) is 13.1. The van der Waals surface area contributed by atoms with E-state index in [-0.39, 0.29) is 10.5 Å². The van der Waals surface area contributed by atoms with Crippen molar-refractivity contribution in [3.63, 3.8) is 0 Å². The van der Waals surface area contributed by atoms with Crippen LogP contribution in [0.25, 0.3) is 0 Å². The molecule has 0 atom stereocenters. The van der Waals surface area contributed by atoms with E-state index in [1.807, 2.05) is 25.9 Å². The maximum Gasteiger partial charge on any atom is 0.358 e. The second-order valence-corrected chi connectivity index (χ2v) is 7.06. The Bertz CT molecular complexity index is 886. The summed E-state index contributed by atoms with van der Waals surface area (Å²) < 4.78 is 28.8. The molecule has 1 N–H and O–H groups in total. The van der Waals surface area contributed by atoms with Crippen LogP contribution in [-0.4, -0.2) is 39.3 Å². The van der Waals surface area contributed by atoms with Gasteiger partial charge in [0, 0.05) is 25.3 Å². The van der Waals surface area contributed by atoms with Crippen LogP contribution in [0.3, 0.4) is 0 Å². The number of aryl methyl sites for hydroxylation is 1. The quantitative estimate of drug-likeness (QED) is 0.625. The third-order valence-corrected chi connectivity index (χ3v) is 4.52. The molecule has 25 heavy (non-hydrogen) atoms.